The van der Waals surface area contributed by atoms with Gasteiger partial charge in [0, 0.05) is 25.8 Å². The second-order valence-corrected chi connectivity index (χ2v) is 5.72. The van der Waals surface area contributed by atoms with Gasteiger partial charge in [0.1, 0.15) is 10.9 Å². The fraction of sp³-hybridized carbons (Fsp3) is 0.333. The first-order chi connectivity index (χ1) is 12.6. The number of aryl methyl sites for hydroxylation is 1. The van der Waals surface area contributed by atoms with Crippen LogP contribution in [-0.2, 0) is 16.0 Å². The maximum absolute atomic E-state index is 12.9. The minimum absolute atomic E-state index is 0.145. The zero-order valence-corrected chi connectivity index (χ0v) is 14.8. The van der Waals surface area contributed by atoms with Crippen LogP contribution in [-0.4, -0.2) is 35.7 Å². The van der Waals surface area contributed by atoms with Crippen LogP contribution in [0.3, 0.4) is 0 Å². The molecule has 0 unspecified atom stereocenters. The van der Waals surface area contributed by atoms with Gasteiger partial charge < -0.3 is 15.2 Å². The standard InChI is InChI=1S/C18H20N4O4/c1-3-26-10-6-9-22-15(19)12(18(24)25-2)11-13-16(22)20-14-7-4-5-8-21(14)17(13)23/h4-5,7-8,11,19H,3,6,9-10H2,1-2H3/p+1. The van der Waals surface area contributed by atoms with Gasteiger partial charge in [0.2, 0.25) is 11.5 Å². The summed E-state index contributed by atoms with van der Waals surface area (Å²) >= 11 is 0. The number of rotatable bonds is 6. The number of nitrogens with zero attached hydrogens (tertiary/aromatic N) is 3. The van der Waals surface area contributed by atoms with Gasteiger partial charge in [0.25, 0.3) is 11.2 Å². The van der Waals surface area contributed by atoms with Crippen LogP contribution in [0.2, 0.25) is 0 Å². The second kappa shape index (κ2) is 7.49. The molecule has 0 saturated carbocycles. The van der Waals surface area contributed by atoms with Crippen LogP contribution < -0.4 is 15.9 Å². The summed E-state index contributed by atoms with van der Waals surface area (Å²) in [6, 6.07) is 6.75. The van der Waals surface area contributed by atoms with E-state index in [-0.39, 0.29) is 16.9 Å². The largest absolute Gasteiger partial charge is 0.465 e. The molecule has 0 saturated heterocycles. The van der Waals surface area contributed by atoms with E-state index < -0.39 is 5.97 Å². The molecule has 0 aliphatic rings. The minimum Gasteiger partial charge on any atom is -0.465 e. The Hall–Kier alpha value is -3.00. The molecule has 0 bridgehead atoms. The van der Waals surface area contributed by atoms with Crippen LogP contribution in [0.1, 0.15) is 23.7 Å². The van der Waals surface area contributed by atoms with E-state index in [4.69, 9.17) is 15.2 Å². The Morgan fingerprint density at radius 2 is 2.19 bits per heavy atom. The molecule has 3 rings (SSSR count). The highest BCUT2D eigenvalue weighted by molar-refractivity contribution is 5.96. The molecule has 0 amide bonds. The van der Waals surface area contributed by atoms with Gasteiger partial charge in [-0.05, 0) is 25.1 Å². The monoisotopic (exact) mass is 357 g/mol. The first kappa shape index (κ1) is 17.8. The number of nitrogen functional groups attached to an aromatic ring is 1. The van der Waals surface area contributed by atoms with Gasteiger partial charge >= 0.3 is 5.97 Å². The summed E-state index contributed by atoms with van der Waals surface area (Å²) in [7, 11) is 1.27. The summed E-state index contributed by atoms with van der Waals surface area (Å²) in [5.41, 5.74) is 7.02. The van der Waals surface area contributed by atoms with E-state index in [1.165, 1.54) is 17.6 Å². The molecule has 0 aromatic carbocycles. The molecule has 3 aromatic rings. The summed E-state index contributed by atoms with van der Waals surface area (Å²) in [6.45, 7) is 3.54. The molecule has 8 nitrogen and oxygen atoms in total. The van der Waals surface area contributed by atoms with Crippen molar-refractivity contribution in [1.29, 1.82) is 0 Å². The van der Waals surface area contributed by atoms with Gasteiger partial charge in [0.15, 0.2) is 0 Å². The molecule has 0 atom stereocenters. The summed E-state index contributed by atoms with van der Waals surface area (Å²) in [4.78, 5) is 29.6. The minimum atomic E-state index is -0.597. The van der Waals surface area contributed by atoms with E-state index in [1.54, 1.807) is 29.0 Å². The number of carbonyl (C=O) groups excluding carboxylic acids is 1. The lowest BCUT2D eigenvalue weighted by Crippen LogP contribution is -2.42. The third-order valence-electron chi connectivity index (χ3n) is 4.14. The van der Waals surface area contributed by atoms with Gasteiger partial charge in [-0.3, -0.25) is 9.20 Å². The number of aromatic nitrogens is 3. The highest BCUT2D eigenvalue weighted by Crippen LogP contribution is 2.15. The molecule has 0 radical (unpaired) electrons. The first-order valence-electron chi connectivity index (χ1n) is 8.38. The van der Waals surface area contributed by atoms with Crippen molar-refractivity contribution in [2.75, 3.05) is 26.1 Å². The topological polar surface area (TPSA) is 99.8 Å². The molecule has 136 valence electrons. The number of ether oxygens (including phenoxy) is 2. The first-order valence-corrected chi connectivity index (χ1v) is 8.38. The maximum Gasteiger partial charge on any atom is 0.344 e. The predicted octanol–water partition coefficient (Wildman–Crippen LogP) is 0.931. The van der Waals surface area contributed by atoms with Crippen molar-refractivity contribution >= 4 is 28.5 Å². The van der Waals surface area contributed by atoms with Gasteiger partial charge in [-0.25, -0.2) is 9.36 Å². The van der Waals surface area contributed by atoms with E-state index in [1.807, 2.05) is 6.92 Å². The third-order valence-corrected chi connectivity index (χ3v) is 4.14. The lowest BCUT2D eigenvalue weighted by Gasteiger charge is -2.11. The van der Waals surface area contributed by atoms with E-state index in [2.05, 4.69) is 4.98 Å². The fourth-order valence-corrected chi connectivity index (χ4v) is 2.87. The Morgan fingerprint density at radius 3 is 2.92 bits per heavy atom. The number of nitrogens with two attached hydrogens (primary N) is 1. The molecule has 0 fully saturated rings. The van der Waals surface area contributed by atoms with E-state index in [0.29, 0.717) is 42.9 Å². The Morgan fingerprint density at radius 1 is 1.38 bits per heavy atom. The SMILES string of the molecule is CCOCCC[n+]1c(N)c(C(=O)OC)cc2c(=O)n3ccccc3nc21. The number of hydrogen-bond donors (Lipinski definition) is 1. The zero-order chi connectivity index (χ0) is 18.7. The van der Waals surface area contributed by atoms with Crippen molar-refractivity contribution in [3.8, 4) is 0 Å². The summed E-state index contributed by atoms with van der Waals surface area (Å²) in [5, 5.41) is 0.305. The predicted molar refractivity (Wildman–Crippen MR) is 96.0 cm³/mol. The van der Waals surface area contributed by atoms with Crippen LogP contribution in [0.4, 0.5) is 5.82 Å². The number of pyridine rings is 2. The quantitative estimate of drug-likeness (QED) is 0.305. The molecular weight excluding hydrogens is 336 g/mol. The van der Waals surface area contributed by atoms with E-state index >= 15 is 0 Å². The number of methoxy groups -OCH3 is 1. The van der Waals surface area contributed by atoms with Crippen LogP contribution in [0.5, 0.6) is 0 Å². The van der Waals surface area contributed by atoms with Crippen molar-refractivity contribution < 1.29 is 18.8 Å². The molecule has 2 N–H and O–H groups in total. The van der Waals surface area contributed by atoms with Crippen molar-refractivity contribution in [1.82, 2.24) is 9.38 Å². The summed E-state index contributed by atoms with van der Waals surface area (Å²) < 4.78 is 13.3. The Kier molecular flexibility index (Phi) is 5.13. The van der Waals surface area contributed by atoms with Gasteiger partial charge in [-0.15, -0.1) is 0 Å². The van der Waals surface area contributed by atoms with Gasteiger partial charge in [0.05, 0.1) is 13.7 Å². The fourth-order valence-electron chi connectivity index (χ4n) is 2.87. The summed E-state index contributed by atoms with van der Waals surface area (Å²) in [6.07, 6.45) is 2.30. The Balaban J connectivity index is 2.27. The number of hydrogen-bond acceptors (Lipinski definition) is 6. The molecule has 8 heteroatoms. The number of esters is 1. The highest BCUT2D eigenvalue weighted by Gasteiger charge is 2.24. The Labute approximate surface area is 149 Å². The Bertz CT molecular complexity index is 1030. The molecule has 3 heterocycles. The van der Waals surface area contributed by atoms with Crippen LogP contribution in [0.15, 0.2) is 35.3 Å². The molecule has 3 aromatic heterocycles. The normalized spacial score (nSPS) is 11.2. The molecule has 26 heavy (non-hydrogen) atoms. The maximum atomic E-state index is 12.9. The van der Waals surface area contributed by atoms with Crippen molar-refractivity contribution in [3.05, 3.63) is 46.4 Å². The summed E-state index contributed by atoms with van der Waals surface area (Å²) in [5.74, 6) is -0.381. The smallest absolute Gasteiger partial charge is 0.344 e. The third kappa shape index (κ3) is 3.11. The lowest BCUT2D eigenvalue weighted by molar-refractivity contribution is -0.659. The number of fused-ring (bicyclic) bond motifs is 2. The van der Waals surface area contributed by atoms with Gasteiger partial charge in [-0.1, -0.05) is 11.1 Å². The van der Waals surface area contributed by atoms with Crippen molar-refractivity contribution in [3.63, 3.8) is 0 Å². The second-order valence-electron chi connectivity index (χ2n) is 5.72. The average Bonchev–Trinajstić information content (AvgIpc) is 2.66. The average molecular weight is 357 g/mol. The molecule has 0 spiro atoms. The van der Waals surface area contributed by atoms with Crippen molar-refractivity contribution in [2.45, 2.75) is 19.9 Å². The molecule has 0 aliphatic carbocycles. The van der Waals surface area contributed by atoms with Crippen LogP contribution in [0.25, 0.3) is 16.7 Å². The number of carbonyl (C=O) groups is 1. The van der Waals surface area contributed by atoms with Crippen molar-refractivity contribution in [2.24, 2.45) is 0 Å². The van der Waals surface area contributed by atoms with Gasteiger partial charge in [-0.2, -0.15) is 0 Å². The van der Waals surface area contributed by atoms with E-state index in [0.717, 1.165) is 0 Å². The van der Waals surface area contributed by atoms with Crippen LogP contribution in [0, 0.1) is 0 Å². The zero-order valence-electron chi connectivity index (χ0n) is 14.8. The highest BCUT2D eigenvalue weighted by atomic mass is 16.5. The lowest BCUT2D eigenvalue weighted by atomic mass is 10.2. The van der Waals surface area contributed by atoms with Crippen LogP contribution >= 0.6 is 0 Å². The van der Waals surface area contributed by atoms with E-state index in [9.17, 15) is 9.59 Å². The molecule has 0 aliphatic heterocycles. The number of anilines is 1. The molecular formula is C18H21N4O4+.